The topological polar surface area (TPSA) is 67.7 Å². The average Bonchev–Trinajstić information content (AvgIpc) is 3.06. The standard InChI is InChI=1S/C23H27FN4O2/c1-13(22(29)28-18(10-25)7-16-8-20(16)28)11-26-12-19-9-21(26)23(30)27(19)14(2)15-4-3-5-17(24)6-15/h3-6,13-14,16,18-21H,7-9,11-12H2,1-2H3/t13-,14-,16+,18-,19?,20?,21+/m0/s1. The number of hydrogen-bond acceptors (Lipinski definition) is 4. The van der Waals surface area contributed by atoms with Crippen LogP contribution in [0.1, 0.15) is 44.7 Å². The second-order valence-electron chi connectivity index (χ2n) is 9.43. The predicted octanol–water partition coefficient (Wildman–Crippen LogP) is 2.32. The quantitative estimate of drug-likeness (QED) is 0.747. The SMILES string of the molecule is C[C@@H](CN1CC2C[C@@H]1C(=O)N2[C@@H](C)c1cccc(F)c1)C(=O)N1C2C[C@H]2C[C@H]1C#N. The number of piperidine rings is 1. The summed E-state index contributed by atoms with van der Waals surface area (Å²) in [6.45, 7) is 5.14. The number of hydrogen-bond donors (Lipinski definition) is 0. The summed E-state index contributed by atoms with van der Waals surface area (Å²) in [6.07, 6.45) is 2.59. The Morgan fingerprint density at radius 3 is 2.80 bits per heavy atom. The monoisotopic (exact) mass is 410 g/mol. The molecule has 1 aromatic carbocycles. The maximum atomic E-state index is 13.6. The Morgan fingerprint density at radius 1 is 1.30 bits per heavy atom. The van der Waals surface area contributed by atoms with Crippen LogP contribution in [0.25, 0.3) is 0 Å². The summed E-state index contributed by atoms with van der Waals surface area (Å²) in [4.78, 5) is 32.0. The molecule has 2 amide bonds. The summed E-state index contributed by atoms with van der Waals surface area (Å²) in [7, 11) is 0. The van der Waals surface area contributed by atoms with E-state index in [9.17, 15) is 19.2 Å². The fraction of sp³-hybridized carbons (Fsp3) is 0.609. The van der Waals surface area contributed by atoms with Crippen molar-refractivity contribution < 1.29 is 14.0 Å². The zero-order chi connectivity index (χ0) is 21.2. The molecule has 0 spiro atoms. The Labute approximate surface area is 176 Å². The molecular formula is C23H27FN4O2. The van der Waals surface area contributed by atoms with E-state index in [0.29, 0.717) is 12.5 Å². The fourth-order valence-electron chi connectivity index (χ4n) is 5.90. The Bertz CT molecular complexity index is 930. The molecule has 0 radical (unpaired) electrons. The van der Waals surface area contributed by atoms with Crippen molar-refractivity contribution in [1.29, 1.82) is 5.26 Å². The molecule has 4 aliphatic rings. The number of nitriles is 1. The van der Waals surface area contributed by atoms with Crippen molar-refractivity contribution in [3.8, 4) is 6.07 Å². The van der Waals surface area contributed by atoms with Gasteiger partial charge in [-0.2, -0.15) is 5.26 Å². The van der Waals surface area contributed by atoms with Crippen molar-refractivity contribution in [2.75, 3.05) is 13.1 Å². The molecule has 3 saturated heterocycles. The first-order valence-corrected chi connectivity index (χ1v) is 10.9. The summed E-state index contributed by atoms with van der Waals surface area (Å²) >= 11 is 0. The first-order valence-electron chi connectivity index (χ1n) is 10.9. The van der Waals surface area contributed by atoms with Crippen molar-refractivity contribution in [2.45, 2.75) is 63.3 Å². The van der Waals surface area contributed by atoms with Crippen molar-refractivity contribution in [3.05, 3.63) is 35.6 Å². The lowest BCUT2D eigenvalue weighted by Gasteiger charge is -2.38. The smallest absolute Gasteiger partial charge is 0.240 e. The zero-order valence-electron chi connectivity index (χ0n) is 17.4. The van der Waals surface area contributed by atoms with Crippen molar-refractivity contribution in [2.24, 2.45) is 11.8 Å². The van der Waals surface area contributed by atoms with E-state index in [1.807, 2.05) is 29.7 Å². The van der Waals surface area contributed by atoms with Gasteiger partial charge in [0.05, 0.1) is 18.2 Å². The molecule has 1 aromatic rings. The van der Waals surface area contributed by atoms with Crippen LogP contribution in [0, 0.1) is 29.0 Å². The molecule has 2 bridgehead atoms. The van der Waals surface area contributed by atoms with Gasteiger partial charge in [0.1, 0.15) is 11.9 Å². The van der Waals surface area contributed by atoms with E-state index in [1.54, 1.807) is 6.07 Å². The first-order chi connectivity index (χ1) is 14.4. The number of piperazine rings is 1. The molecule has 30 heavy (non-hydrogen) atoms. The molecule has 3 heterocycles. The Hall–Kier alpha value is -2.46. The maximum Gasteiger partial charge on any atom is 0.240 e. The van der Waals surface area contributed by atoms with Gasteiger partial charge in [0.2, 0.25) is 11.8 Å². The van der Waals surface area contributed by atoms with Crippen LogP contribution >= 0.6 is 0 Å². The molecule has 7 heteroatoms. The van der Waals surface area contributed by atoms with Crippen LogP contribution < -0.4 is 0 Å². The Kier molecular flexibility index (Phi) is 4.59. The third-order valence-electron chi connectivity index (χ3n) is 7.50. The van der Waals surface area contributed by atoms with Gasteiger partial charge in [-0.15, -0.1) is 0 Å². The van der Waals surface area contributed by atoms with Crippen LogP contribution in [0.2, 0.25) is 0 Å². The van der Waals surface area contributed by atoms with Gasteiger partial charge in [0.25, 0.3) is 0 Å². The molecule has 7 atom stereocenters. The van der Waals surface area contributed by atoms with Crippen LogP contribution in [-0.4, -0.2) is 63.8 Å². The van der Waals surface area contributed by atoms with Crippen LogP contribution in [-0.2, 0) is 9.59 Å². The molecule has 2 unspecified atom stereocenters. The van der Waals surface area contributed by atoms with Crippen LogP contribution in [0.5, 0.6) is 0 Å². The maximum absolute atomic E-state index is 13.6. The lowest BCUT2D eigenvalue weighted by Crippen LogP contribution is -2.53. The number of carbonyl (C=O) groups is 2. The van der Waals surface area contributed by atoms with Gasteiger partial charge in [-0.05, 0) is 49.8 Å². The molecule has 0 aromatic heterocycles. The van der Waals surface area contributed by atoms with Gasteiger partial charge in [0.15, 0.2) is 0 Å². The molecule has 0 N–H and O–H groups in total. The summed E-state index contributed by atoms with van der Waals surface area (Å²) in [5, 5.41) is 9.37. The van der Waals surface area contributed by atoms with Crippen molar-refractivity contribution >= 4 is 11.8 Å². The number of amides is 2. The molecule has 6 nitrogen and oxygen atoms in total. The molecule has 158 valence electrons. The van der Waals surface area contributed by atoms with E-state index in [4.69, 9.17) is 0 Å². The normalized spacial score (nSPS) is 34.1. The number of halogens is 1. The third kappa shape index (κ3) is 3.01. The summed E-state index contributed by atoms with van der Waals surface area (Å²) in [5.41, 5.74) is 0.807. The van der Waals surface area contributed by atoms with E-state index in [0.717, 1.165) is 31.4 Å². The average molecular weight is 410 g/mol. The lowest BCUT2D eigenvalue weighted by atomic mass is 10.0. The highest BCUT2D eigenvalue weighted by molar-refractivity contribution is 5.86. The Balaban J connectivity index is 1.24. The van der Waals surface area contributed by atoms with Crippen LogP contribution in [0.15, 0.2) is 24.3 Å². The van der Waals surface area contributed by atoms with E-state index in [-0.39, 0.29) is 53.8 Å². The molecule has 4 fully saturated rings. The van der Waals surface area contributed by atoms with Crippen molar-refractivity contribution in [1.82, 2.24) is 14.7 Å². The number of nitrogens with zero attached hydrogens (tertiary/aromatic N) is 4. The van der Waals surface area contributed by atoms with Gasteiger partial charge in [-0.3, -0.25) is 14.5 Å². The molecular weight excluding hydrogens is 383 g/mol. The van der Waals surface area contributed by atoms with Crippen molar-refractivity contribution in [3.63, 3.8) is 0 Å². The number of carbonyl (C=O) groups excluding carboxylic acids is 2. The van der Waals surface area contributed by atoms with E-state index < -0.39 is 0 Å². The van der Waals surface area contributed by atoms with E-state index in [2.05, 4.69) is 11.0 Å². The number of likely N-dealkylation sites (tertiary alicyclic amines) is 3. The molecule has 5 rings (SSSR count). The first kappa shape index (κ1) is 19.5. The van der Waals surface area contributed by atoms with Gasteiger partial charge >= 0.3 is 0 Å². The number of fused-ring (bicyclic) bond motifs is 3. The largest absolute Gasteiger partial charge is 0.330 e. The van der Waals surface area contributed by atoms with E-state index >= 15 is 0 Å². The van der Waals surface area contributed by atoms with Gasteiger partial charge in [-0.1, -0.05) is 19.1 Å². The highest BCUT2D eigenvalue weighted by Gasteiger charge is 2.55. The summed E-state index contributed by atoms with van der Waals surface area (Å²) in [5.74, 6) is 0.0999. The molecule has 1 saturated carbocycles. The van der Waals surface area contributed by atoms with E-state index in [1.165, 1.54) is 12.1 Å². The van der Waals surface area contributed by atoms with Gasteiger partial charge in [-0.25, -0.2) is 4.39 Å². The fourth-order valence-corrected chi connectivity index (χ4v) is 5.90. The van der Waals surface area contributed by atoms with Gasteiger partial charge in [0, 0.05) is 31.1 Å². The zero-order valence-corrected chi connectivity index (χ0v) is 17.4. The highest BCUT2D eigenvalue weighted by Crippen LogP contribution is 2.48. The number of rotatable bonds is 5. The van der Waals surface area contributed by atoms with Gasteiger partial charge < -0.3 is 9.80 Å². The van der Waals surface area contributed by atoms with Crippen LogP contribution in [0.4, 0.5) is 4.39 Å². The summed E-state index contributed by atoms with van der Waals surface area (Å²) < 4.78 is 13.6. The van der Waals surface area contributed by atoms with Crippen LogP contribution in [0.3, 0.4) is 0 Å². The second-order valence-corrected chi connectivity index (χ2v) is 9.43. The second kappa shape index (κ2) is 7.05. The summed E-state index contributed by atoms with van der Waals surface area (Å²) in [6, 6.07) is 8.40. The minimum Gasteiger partial charge on any atom is -0.330 e. The minimum atomic E-state index is -0.291. The lowest BCUT2D eigenvalue weighted by molar-refractivity contribution is -0.142. The number of benzene rings is 1. The highest BCUT2D eigenvalue weighted by atomic mass is 19.1. The Morgan fingerprint density at radius 2 is 2.10 bits per heavy atom. The molecule has 1 aliphatic carbocycles. The molecule has 3 aliphatic heterocycles. The predicted molar refractivity (Wildman–Crippen MR) is 107 cm³/mol. The minimum absolute atomic E-state index is 0.0479. The third-order valence-corrected chi connectivity index (χ3v) is 7.50.